The first-order chi connectivity index (χ1) is 16.8. The fraction of sp³-hybridized carbons (Fsp3) is 0.348. The molecule has 0 atom stereocenters. The smallest absolute Gasteiger partial charge is 0.242 e. The number of nitrogens with one attached hydrogen (secondary N) is 4. The molecule has 35 heavy (non-hydrogen) atoms. The van der Waals surface area contributed by atoms with Crippen LogP contribution in [-0.2, 0) is 16.4 Å². The summed E-state index contributed by atoms with van der Waals surface area (Å²) in [5, 5.41) is 7.91. The van der Waals surface area contributed by atoms with Gasteiger partial charge in [0, 0.05) is 23.7 Å². The number of aromatic nitrogens is 4. The Kier molecular flexibility index (Phi) is 6.49. The topological polar surface area (TPSA) is 157 Å². The fourth-order valence-corrected chi connectivity index (χ4v) is 5.95. The van der Waals surface area contributed by atoms with E-state index in [4.69, 9.17) is 22.7 Å². The number of amidine groups is 1. The van der Waals surface area contributed by atoms with Crippen molar-refractivity contribution < 1.29 is 8.42 Å². The van der Waals surface area contributed by atoms with Gasteiger partial charge in [-0.15, -0.1) is 0 Å². The molecule has 0 bridgehead atoms. The lowest BCUT2D eigenvalue weighted by molar-refractivity contribution is 0.233. The first kappa shape index (κ1) is 23.7. The number of rotatable bonds is 8. The zero-order chi connectivity index (χ0) is 24.6. The Morgan fingerprint density at radius 1 is 1.09 bits per heavy atom. The van der Waals surface area contributed by atoms with Crippen molar-refractivity contribution in [2.75, 3.05) is 26.2 Å². The van der Waals surface area contributed by atoms with Gasteiger partial charge in [0.05, 0.1) is 23.0 Å². The summed E-state index contributed by atoms with van der Waals surface area (Å²) >= 11 is 6.25. The van der Waals surface area contributed by atoms with Crippen molar-refractivity contribution in [3.05, 3.63) is 52.6 Å². The van der Waals surface area contributed by atoms with Crippen LogP contribution in [0, 0.1) is 5.41 Å². The number of nitrogens with zero attached hydrogens (tertiary/aromatic N) is 3. The molecule has 10 nitrogen and oxygen atoms in total. The van der Waals surface area contributed by atoms with Gasteiger partial charge >= 0.3 is 0 Å². The number of halogens is 1. The van der Waals surface area contributed by atoms with E-state index in [1.807, 2.05) is 6.07 Å². The van der Waals surface area contributed by atoms with Gasteiger partial charge in [0.1, 0.15) is 27.9 Å². The first-order valence-corrected chi connectivity index (χ1v) is 13.4. The molecule has 0 saturated carbocycles. The molecular formula is C23H27ClN8O2S. The zero-order valence-corrected chi connectivity index (χ0v) is 20.6. The fourth-order valence-electron chi connectivity index (χ4n) is 4.46. The lowest BCUT2D eigenvalue weighted by atomic mass is 10.1. The van der Waals surface area contributed by atoms with E-state index in [2.05, 4.69) is 29.6 Å². The van der Waals surface area contributed by atoms with Crippen molar-refractivity contribution in [2.45, 2.75) is 30.6 Å². The van der Waals surface area contributed by atoms with E-state index < -0.39 is 10.0 Å². The van der Waals surface area contributed by atoms with Crippen LogP contribution < -0.4 is 10.5 Å². The molecule has 2 aromatic carbocycles. The van der Waals surface area contributed by atoms with Gasteiger partial charge in [0.25, 0.3) is 0 Å². The van der Waals surface area contributed by atoms with Crippen molar-refractivity contribution in [1.29, 1.82) is 5.41 Å². The van der Waals surface area contributed by atoms with Gasteiger partial charge in [-0.3, -0.25) is 5.41 Å². The number of fused-ring (bicyclic) bond motifs is 2. The maximum Gasteiger partial charge on any atom is 0.242 e. The third-order valence-corrected chi connectivity index (χ3v) is 7.89. The number of benzene rings is 2. The summed E-state index contributed by atoms with van der Waals surface area (Å²) in [4.78, 5) is 17.9. The van der Waals surface area contributed by atoms with Crippen molar-refractivity contribution in [3.63, 3.8) is 0 Å². The zero-order valence-electron chi connectivity index (χ0n) is 19.1. The SMILES string of the molecule is N=C(N)c1ccc2[nH]c(Cc3nc4c(S(=O)(=O)NCCN5CCCCC5)cc(Cl)cc4[nH]3)nc2c1. The third-order valence-electron chi connectivity index (χ3n) is 6.20. The molecule has 0 aliphatic carbocycles. The molecule has 0 radical (unpaired) electrons. The molecule has 1 aliphatic rings. The van der Waals surface area contributed by atoms with E-state index in [0.29, 0.717) is 58.3 Å². The Hall–Kier alpha value is -2.99. The summed E-state index contributed by atoms with van der Waals surface area (Å²) < 4.78 is 29.0. The summed E-state index contributed by atoms with van der Waals surface area (Å²) in [5.74, 6) is 1.18. The molecule has 1 saturated heterocycles. The lowest BCUT2D eigenvalue weighted by Crippen LogP contribution is -2.37. The summed E-state index contributed by atoms with van der Waals surface area (Å²) in [7, 11) is -3.80. The van der Waals surface area contributed by atoms with E-state index in [0.717, 1.165) is 31.4 Å². The minimum absolute atomic E-state index is 0.0242. The second kappa shape index (κ2) is 9.57. The van der Waals surface area contributed by atoms with E-state index >= 15 is 0 Å². The molecule has 0 unspecified atom stereocenters. The molecule has 2 aromatic heterocycles. The summed E-state index contributed by atoms with van der Waals surface area (Å²) in [6, 6.07) is 8.42. The number of imidazole rings is 2. The molecule has 1 fully saturated rings. The number of sulfonamides is 1. The molecular weight excluding hydrogens is 488 g/mol. The van der Waals surface area contributed by atoms with E-state index in [1.54, 1.807) is 18.2 Å². The van der Waals surface area contributed by atoms with Gasteiger partial charge in [0.15, 0.2) is 0 Å². The van der Waals surface area contributed by atoms with Crippen molar-refractivity contribution >= 4 is 49.5 Å². The molecule has 3 heterocycles. The number of hydrogen-bond acceptors (Lipinski definition) is 6. The summed E-state index contributed by atoms with van der Waals surface area (Å²) in [6.07, 6.45) is 3.87. The highest BCUT2D eigenvalue weighted by Gasteiger charge is 2.22. The third kappa shape index (κ3) is 5.18. The maximum absolute atomic E-state index is 13.1. The van der Waals surface area contributed by atoms with Crippen LogP contribution in [-0.4, -0.2) is 65.3 Å². The highest BCUT2D eigenvalue weighted by Crippen LogP contribution is 2.27. The van der Waals surface area contributed by atoms with E-state index in [-0.39, 0.29) is 10.7 Å². The Bertz CT molecular complexity index is 1500. The van der Waals surface area contributed by atoms with Crippen LogP contribution in [0.3, 0.4) is 0 Å². The molecule has 4 aromatic rings. The van der Waals surface area contributed by atoms with E-state index in [9.17, 15) is 8.42 Å². The lowest BCUT2D eigenvalue weighted by Gasteiger charge is -2.26. The highest BCUT2D eigenvalue weighted by molar-refractivity contribution is 7.89. The van der Waals surface area contributed by atoms with Crippen LogP contribution in [0.25, 0.3) is 22.1 Å². The quantitative estimate of drug-likeness (QED) is 0.180. The van der Waals surface area contributed by atoms with Crippen molar-refractivity contribution in [2.24, 2.45) is 5.73 Å². The molecule has 12 heteroatoms. The van der Waals surface area contributed by atoms with Crippen molar-refractivity contribution in [3.8, 4) is 0 Å². The second-order valence-corrected chi connectivity index (χ2v) is 11.0. The summed E-state index contributed by atoms with van der Waals surface area (Å²) in [6.45, 7) is 3.01. The Morgan fingerprint density at radius 3 is 2.60 bits per heavy atom. The van der Waals surface area contributed by atoms with Gasteiger partial charge in [-0.25, -0.2) is 23.1 Å². The first-order valence-electron chi connectivity index (χ1n) is 11.5. The average molecular weight is 515 g/mol. The monoisotopic (exact) mass is 514 g/mol. The largest absolute Gasteiger partial charge is 0.384 e. The number of aromatic amines is 2. The molecule has 0 amide bonds. The summed E-state index contributed by atoms with van der Waals surface area (Å²) in [5.41, 5.74) is 8.54. The van der Waals surface area contributed by atoms with E-state index in [1.165, 1.54) is 12.5 Å². The Balaban J connectivity index is 1.38. The molecule has 1 aliphatic heterocycles. The van der Waals surface area contributed by atoms with Crippen LogP contribution in [0.1, 0.15) is 36.5 Å². The predicted octanol–water partition coefficient (Wildman–Crippen LogP) is 2.73. The number of likely N-dealkylation sites (tertiary alicyclic amines) is 1. The van der Waals surface area contributed by atoms with Crippen LogP contribution in [0.15, 0.2) is 35.2 Å². The van der Waals surface area contributed by atoms with Gasteiger partial charge in [-0.2, -0.15) is 0 Å². The Morgan fingerprint density at radius 2 is 1.83 bits per heavy atom. The van der Waals surface area contributed by atoms with Crippen LogP contribution in [0.2, 0.25) is 5.02 Å². The highest BCUT2D eigenvalue weighted by atomic mass is 35.5. The van der Waals surface area contributed by atoms with Gasteiger partial charge in [0.2, 0.25) is 10.0 Å². The van der Waals surface area contributed by atoms with Crippen LogP contribution in [0.5, 0.6) is 0 Å². The molecule has 0 spiro atoms. The molecule has 5 rings (SSSR count). The number of H-pyrrole nitrogens is 2. The molecule has 6 N–H and O–H groups in total. The van der Waals surface area contributed by atoms with Crippen LogP contribution in [0.4, 0.5) is 0 Å². The predicted molar refractivity (Wildman–Crippen MR) is 136 cm³/mol. The van der Waals surface area contributed by atoms with Gasteiger partial charge in [-0.05, 0) is 56.3 Å². The number of nitrogens with two attached hydrogens (primary N) is 1. The average Bonchev–Trinajstić information content (AvgIpc) is 3.41. The molecule has 184 valence electrons. The minimum Gasteiger partial charge on any atom is -0.384 e. The van der Waals surface area contributed by atoms with Gasteiger partial charge in [-0.1, -0.05) is 18.0 Å². The number of hydrogen-bond donors (Lipinski definition) is 5. The number of piperidine rings is 1. The standard InChI is InChI=1S/C23H27ClN8O2S/c24-15-11-18-22(19(12-15)35(33,34)27-6-9-32-7-2-1-3-8-32)31-21(30-18)13-20-28-16-5-4-14(23(25)26)10-17(16)29-20/h4-5,10-12,27H,1-3,6-9,13H2,(H3,25,26)(H,28,29)(H,30,31). The second-order valence-electron chi connectivity index (χ2n) is 8.79. The normalized spacial score (nSPS) is 15.2. The van der Waals surface area contributed by atoms with Crippen molar-refractivity contribution in [1.82, 2.24) is 29.6 Å². The van der Waals surface area contributed by atoms with Crippen LogP contribution >= 0.6 is 11.6 Å². The Labute approximate surface area is 207 Å². The minimum atomic E-state index is -3.80. The maximum atomic E-state index is 13.1. The number of nitrogen functional groups attached to an aromatic ring is 1. The van der Waals surface area contributed by atoms with Gasteiger partial charge < -0.3 is 20.6 Å².